The van der Waals surface area contributed by atoms with E-state index in [1.54, 1.807) is 0 Å². The summed E-state index contributed by atoms with van der Waals surface area (Å²) in [6, 6.07) is 10.9. The van der Waals surface area contributed by atoms with Crippen LogP contribution in [0.25, 0.3) is 0 Å². The van der Waals surface area contributed by atoms with Gasteiger partial charge in [-0.25, -0.2) is 0 Å². The van der Waals surface area contributed by atoms with Crippen molar-refractivity contribution in [3.8, 4) is 0 Å². The Bertz CT molecular complexity index is 642. The SMILES string of the molecule is Cc1nn(CCO)c(C)c1CN1CCC(Cc2ccccc2)CC1. The molecule has 0 aliphatic carbocycles. The first-order valence-electron chi connectivity index (χ1n) is 9.07. The lowest BCUT2D eigenvalue weighted by molar-refractivity contribution is 0.176. The van der Waals surface area contributed by atoms with Crippen LogP contribution < -0.4 is 0 Å². The molecular formula is C20H29N3O. The Kier molecular flexibility index (Phi) is 5.69. The number of nitrogens with zero attached hydrogens (tertiary/aromatic N) is 3. The van der Waals surface area contributed by atoms with Gasteiger partial charge < -0.3 is 5.11 Å². The molecule has 1 saturated heterocycles. The van der Waals surface area contributed by atoms with Gasteiger partial charge in [0, 0.05) is 17.8 Å². The molecule has 0 atom stereocenters. The smallest absolute Gasteiger partial charge is 0.0644 e. The summed E-state index contributed by atoms with van der Waals surface area (Å²) >= 11 is 0. The lowest BCUT2D eigenvalue weighted by Crippen LogP contribution is -2.34. The molecule has 0 amide bonds. The Morgan fingerprint density at radius 2 is 1.83 bits per heavy atom. The summed E-state index contributed by atoms with van der Waals surface area (Å²) < 4.78 is 1.94. The highest BCUT2D eigenvalue weighted by Crippen LogP contribution is 2.24. The standard InChI is InChI=1S/C20H29N3O/c1-16-20(17(2)23(21-16)12-13-24)15-22-10-8-19(9-11-22)14-18-6-4-3-5-7-18/h3-7,19,24H,8-15H2,1-2H3. The van der Waals surface area contributed by atoms with Gasteiger partial charge in [-0.2, -0.15) is 5.10 Å². The average molecular weight is 327 g/mol. The number of aliphatic hydroxyl groups is 1. The van der Waals surface area contributed by atoms with E-state index in [1.165, 1.54) is 49.2 Å². The summed E-state index contributed by atoms with van der Waals surface area (Å²) in [5, 5.41) is 13.7. The highest BCUT2D eigenvalue weighted by molar-refractivity contribution is 5.24. The zero-order valence-corrected chi connectivity index (χ0v) is 14.9. The van der Waals surface area contributed by atoms with Crippen molar-refractivity contribution in [2.24, 2.45) is 5.92 Å². The van der Waals surface area contributed by atoms with Gasteiger partial charge in [0.25, 0.3) is 0 Å². The van der Waals surface area contributed by atoms with Gasteiger partial charge in [-0.05, 0) is 57.7 Å². The number of likely N-dealkylation sites (tertiary alicyclic amines) is 1. The number of hydrogen-bond donors (Lipinski definition) is 1. The maximum absolute atomic E-state index is 9.14. The largest absolute Gasteiger partial charge is 0.394 e. The second-order valence-electron chi connectivity index (χ2n) is 7.01. The molecule has 4 heteroatoms. The fourth-order valence-corrected chi connectivity index (χ4v) is 3.79. The Labute approximate surface area is 145 Å². The Balaban J connectivity index is 1.54. The van der Waals surface area contributed by atoms with E-state index in [0.717, 1.165) is 18.2 Å². The monoisotopic (exact) mass is 327 g/mol. The molecule has 1 fully saturated rings. The van der Waals surface area contributed by atoms with Gasteiger partial charge in [0.1, 0.15) is 0 Å². The normalized spacial score (nSPS) is 16.6. The van der Waals surface area contributed by atoms with Gasteiger partial charge in [-0.15, -0.1) is 0 Å². The van der Waals surface area contributed by atoms with Gasteiger partial charge in [0.15, 0.2) is 0 Å². The van der Waals surface area contributed by atoms with Crippen molar-refractivity contribution in [3.05, 3.63) is 52.8 Å². The molecule has 0 radical (unpaired) electrons. The molecule has 2 aromatic rings. The molecule has 0 saturated carbocycles. The maximum Gasteiger partial charge on any atom is 0.0644 e. The molecule has 130 valence electrons. The topological polar surface area (TPSA) is 41.3 Å². The van der Waals surface area contributed by atoms with Crippen molar-refractivity contribution in [1.82, 2.24) is 14.7 Å². The van der Waals surface area contributed by atoms with Crippen molar-refractivity contribution in [3.63, 3.8) is 0 Å². The molecule has 0 unspecified atom stereocenters. The van der Waals surface area contributed by atoms with Crippen LogP contribution in [0.1, 0.15) is 35.4 Å². The fraction of sp³-hybridized carbons (Fsp3) is 0.550. The van der Waals surface area contributed by atoms with Crippen LogP contribution in [0, 0.1) is 19.8 Å². The molecule has 1 aromatic carbocycles. The summed E-state index contributed by atoms with van der Waals surface area (Å²) in [6.45, 7) is 8.26. The van der Waals surface area contributed by atoms with Crippen LogP contribution >= 0.6 is 0 Å². The van der Waals surface area contributed by atoms with Crippen molar-refractivity contribution >= 4 is 0 Å². The van der Waals surface area contributed by atoms with Crippen molar-refractivity contribution in [1.29, 1.82) is 0 Å². The zero-order valence-electron chi connectivity index (χ0n) is 14.9. The highest BCUT2D eigenvalue weighted by Gasteiger charge is 2.21. The number of aryl methyl sites for hydroxylation is 1. The van der Waals surface area contributed by atoms with Gasteiger partial charge in [-0.1, -0.05) is 30.3 Å². The van der Waals surface area contributed by atoms with Crippen molar-refractivity contribution in [2.45, 2.75) is 46.2 Å². The molecule has 2 heterocycles. The van der Waals surface area contributed by atoms with Gasteiger partial charge >= 0.3 is 0 Å². The average Bonchev–Trinajstić information content (AvgIpc) is 2.85. The predicted octanol–water partition coefficient (Wildman–Crippen LogP) is 2.95. The number of hydrogen-bond acceptors (Lipinski definition) is 3. The number of benzene rings is 1. The summed E-state index contributed by atoms with van der Waals surface area (Å²) in [6.07, 6.45) is 3.76. The van der Waals surface area contributed by atoms with Gasteiger partial charge in [0.05, 0.1) is 18.8 Å². The minimum atomic E-state index is 0.145. The molecular weight excluding hydrogens is 298 g/mol. The third-order valence-corrected chi connectivity index (χ3v) is 5.30. The van der Waals surface area contributed by atoms with Crippen LogP contribution in [0.15, 0.2) is 30.3 Å². The maximum atomic E-state index is 9.14. The number of piperidine rings is 1. The molecule has 4 nitrogen and oxygen atoms in total. The van der Waals surface area contributed by atoms with E-state index in [4.69, 9.17) is 5.11 Å². The third-order valence-electron chi connectivity index (χ3n) is 5.30. The summed E-state index contributed by atoms with van der Waals surface area (Å²) in [5.74, 6) is 0.808. The van der Waals surface area contributed by atoms with Crippen LogP contribution in [-0.2, 0) is 19.5 Å². The molecule has 1 aliphatic rings. The van der Waals surface area contributed by atoms with Crippen molar-refractivity contribution in [2.75, 3.05) is 19.7 Å². The van der Waals surface area contributed by atoms with Crippen LogP contribution in [0.5, 0.6) is 0 Å². The van der Waals surface area contributed by atoms with Crippen LogP contribution in [0.2, 0.25) is 0 Å². The van der Waals surface area contributed by atoms with Gasteiger partial charge in [0.2, 0.25) is 0 Å². The van der Waals surface area contributed by atoms with E-state index in [2.05, 4.69) is 54.2 Å². The molecule has 0 bridgehead atoms. The van der Waals surface area contributed by atoms with E-state index in [1.807, 2.05) is 4.68 Å². The van der Waals surface area contributed by atoms with E-state index in [0.29, 0.717) is 6.54 Å². The first-order chi connectivity index (χ1) is 11.7. The van der Waals surface area contributed by atoms with Crippen LogP contribution in [0.4, 0.5) is 0 Å². The summed E-state index contributed by atoms with van der Waals surface area (Å²) in [4.78, 5) is 2.56. The summed E-state index contributed by atoms with van der Waals surface area (Å²) in [7, 11) is 0. The quantitative estimate of drug-likeness (QED) is 0.887. The van der Waals surface area contributed by atoms with Crippen LogP contribution in [0.3, 0.4) is 0 Å². The third kappa shape index (κ3) is 4.05. The second-order valence-corrected chi connectivity index (χ2v) is 7.01. The minimum absolute atomic E-state index is 0.145. The number of rotatable bonds is 6. The molecule has 1 N–H and O–H groups in total. The molecule has 0 spiro atoms. The van der Waals surface area contributed by atoms with Crippen molar-refractivity contribution < 1.29 is 5.11 Å². The van der Waals surface area contributed by atoms with E-state index < -0.39 is 0 Å². The minimum Gasteiger partial charge on any atom is -0.394 e. The van der Waals surface area contributed by atoms with E-state index >= 15 is 0 Å². The lowest BCUT2D eigenvalue weighted by atomic mass is 9.90. The Hall–Kier alpha value is -1.65. The molecule has 3 rings (SSSR count). The van der Waals surface area contributed by atoms with E-state index in [9.17, 15) is 0 Å². The fourth-order valence-electron chi connectivity index (χ4n) is 3.79. The molecule has 24 heavy (non-hydrogen) atoms. The zero-order chi connectivity index (χ0) is 16.9. The highest BCUT2D eigenvalue weighted by atomic mass is 16.3. The molecule has 1 aliphatic heterocycles. The number of aromatic nitrogens is 2. The van der Waals surface area contributed by atoms with Gasteiger partial charge in [-0.3, -0.25) is 9.58 Å². The van der Waals surface area contributed by atoms with E-state index in [-0.39, 0.29) is 6.61 Å². The Morgan fingerprint density at radius 3 is 2.50 bits per heavy atom. The second kappa shape index (κ2) is 7.95. The Morgan fingerprint density at radius 1 is 1.12 bits per heavy atom. The first-order valence-corrected chi connectivity index (χ1v) is 9.07. The number of aliphatic hydroxyl groups excluding tert-OH is 1. The predicted molar refractivity (Wildman–Crippen MR) is 96.9 cm³/mol. The summed E-state index contributed by atoms with van der Waals surface area (Å²) in [5.41, 5.74) is 5.11. The lowest BCUT2D eigenvalue weighted by Gasteiger charge is -2.32. The molecule has 1 aromatic heterocycles. The first kappa shape index (κ1) is 17.2. The van der Waals surface area contributed by atoms with Crippen LogP contribution in [-0.4, -0.2) is 39.5 Å².